The Morgan fingerprint density at radius 1 is 1.36 bits per heavy atom. The number of likely N-dealkylation sites (N-methyl/N-ethyl adjacent to an activating group) is 1. The summed E-state index contributed by atoms with van der Waals surface area (Å²) >= 11 is 7.32. The number of fused-ring (bicyclic) bond motifs is 1. The predicted octanol–water partition coefficient (Wildman–Crippen LogP) is 4.72. The molecule has 0 bridgehead atoms. The summed E-state index contributed by atoms with van der Waals surface area (Å²) in [5, 5.41) is 16.3. The van der Waals surface area contributed by atoms with Gasteiger partial charge < -0.3 is 5.32 Å². The first kappa shape index (κ1) is 19.5. The number of thiophene rings is 1. The van der Waals surface area contributed by atoms with Gasteiger partial charge in [0.2, 0.25) is 0 Å². The van der Waals surface area contributed by atoms with Crippen molar-refractivity contribution in [3.8, 4) is 6.07 Å². The average Bonchev–Trinajstić information content (AvgIpc) is 2.92. The number of nitrogens with zero attached hydrogens (tertiary/aromatic N) is 2. The molecule has 0 saturated heterocycles. The zero-order chi connectivity index (χ0) is 17.1. The molecule has 1 aromatic carbocycles. The van der Waals surface area contributed by atoms with Crippen molar-refractivity contribution in [2.75, 3.05) is 23.7 Å². The number of halogens is 2. The Kier molecular flexibility index (Phi) is 6.68. The quantitative estimate of drug-likeness (QED) is 0.788. The summed E-state index contributed by atoms with van der Waals surface area (Å²) in [5.74, 6) is 0. The maximum atomic E-state index is 12.2. The largest absolute Gasteiger partial charge is 0.324 e. The van der Waals surface area contributed by atoms with Crippen molar-refractivity contribution in [3.63, 3.8) is 0 Å². The van der Waals surface area contributed by atoms with E-state index in [-0.39, 0.29) is 18.4 Å². The van der Waals surface area contributed by atoms with Gasteiger partial charge >= 0.3 is 6.03 Å². The summed E-state index contributed by atoms with van der Waals surface area (Å²) in [5.41, 5.74) is 2.32. The van der Waals surface area contributed by atoms with Crippen LogP contribution in [0.3, 0.4) is 0 Å². The SMILES string of the molecule is CCN1CCc2c(sc(NC(=O)Nc3ccc(Cl)cc3)c2C#N)C1.Cl. The predicted molar refractivity (Wildman–Crippen MR) is 105 cm³/mol. The number of nitrogens with one attached hydrogen (secondary N) is 2. The molecule has 0 unspecified atom stereocenters. The van der Waals surface area contributed by atoms with E-state index in [9.17, 15) is 10.1 Å². The molecule has 0 radical (unpaired) electrons. The number of amides is 2. The monoisotopic (exact) mass is 396 g/mol. The van der Waals surface area contributed by atoms with Crippen LogP contribution in [-0.2, 0) is 13.0 Å². The van der Waals surface area contributed by atoms with Gasteiger partial charge in [-0.05, 0) is 42.8 Å². The maximum Gasteiger partial charge on any atom is 0.324 e. The number of anilines is 2. The normalized spacial score (nSPS) is 13.3. The van der Waals surface area contributed by atoms with Crippen LogP contribution >= 0.6 is 35.3 Å². The highest BCUT2D eigenvalue weighted by Gasteiger charge is 2.24. The van der Waals surface area contributed by atoms with E-state index in [1.54, 1.807) is 24.3 Å². The second-order valence-corrected chi connectivity index (χ2v) is 7.07. The Hall–Kier alpha value is -1.78. The molecule has 1 aliphatic rings. The highest BCUT2D eigenvalue weighted by atomic mass is 35.5. The standard InChI is InChI=1S/C17H17ClN4OS.ClH/c1-2-22-8-7-13-14(9-19)16(24-15(13)10-22)21-17(23)20-12-5-3-11(18)4-6-12;/h3-6H,2,7-8,10H2,1H3,(H2,20,21,23);1H. The highest BCUT2D eigenvalue weighted by molar-refractivity contribution is 7.16. The molecule has 2 amide bonds. The van der Waals surface area contributed by atoms with E-state index in [0.29, 0.717) is 21.3 Å². The Morgan fingerprint density at radius 3 is 2.72 bits per heavy atom. The summed E-state index contributed by atoms with van der Waals surface area (Å²) in [6.45, 7) is 4.90. The topological polar surface area (TPSA) is 68.2 Å². The van der Waals surface area contributed by atoms with Crippen molar-refractivity contribution in [3.05, 3.63) is 45.3 Å². The zero-order valence-electron chi connectivity index (χ0n) is 13.6. The molecular weight excluding hydrogens is 379 g/mol. The van der Waals surface area contributed by atoms with Gasteiger partial charge in [0.05, 0.1) is 5.56 Å². The van der Waals surface area contributed by atoms with E-state index in [4.69, 9.17) is 11.6 Å². The fourth-order valence-electron chi connectivity index (χ4n) is 2.73. The zero-order valence-corrected chi connectivity index (χ0v) is 16.0. The van der Waals surface area contributed by atoms with Gasteiger partial charge in [0.15, 0.2) is 0 Å². The van der Waals surface area contributed by atoms with Crippen LogP contribution < -0.4 is 10.6 Å². The van der Waals surface area contributed by atoms with Gasteiger partial charge in [0.25, 0.3) is 0 Å². The number of hydrogen-bond donors (Lipinski definition) is 2. The van der Waals surface area contributed by atoms with Crippen molar-refractivity contribution in [1.29, 1.82) is 5.26 Å². The molecule has 3 rings (SSSR count). The molecule has 0 atom stereocenters. The number of urea groups is 1. The molecule has 25 heavy (non-hydrogen) atoms. The summed E-state index contributed by atoms with van der Waals surface area (Å²) < 4.78 is 0. The molecule has 8 heteroatoms. The number of rotatable bonds is 3. The molecule has 132 valence electrons. The summed E-state index contributed by atoms with van der Waals surface area (Å²) in [7, 11) is 0. The second-order valence-electron chi connectivity index (χ2n) is 5.52. The summed E-state index contributed by atoms with van der Waals surface area (Å²) in [4.78, 5) is 15.7. The van der Waals surface area contributed by atoms with Crippen molar-refractivity contribution in [2.24, 2.45) is 0 Å². The van der Waals surface area contributed by atoms with Gasteiger partial charge in [0.1, 0.15) is 11.1 Å². The van der Waals surface area contributed by atoms with E-state index in [1.165, 1.54) is 16.2 Å². The molecule has 2 N–H and O–H groups in total. The average molecular weight is 397 g/mol. The van der Waals surface area contributed by atoms with Crippen molar-refractivity contribution < 1.29 is 4.79 Å². The van der Waals surface area contributed by atoms with Gasteiger partial charge in [-0.3, -0.25) is 10.2 Å². The fourth-order valence-corrected chi connectivity index (χ4v) is 4.09. The van der Waals surface area contributed by atoms with Crippen LogP contribution in [-0.4, -0.2) is 24.0 Å². The molecule has 2 heterocycles. The molecule has 0 saturated carbocycles. The van der Waals surface area contributed by atoms with Crippen molar-refractivity contribution in [2.45, 2.75) is 19.9 Å². The third-order valence-corrected chi connectivity index (χ3v) is 5.41. The third-order valence-electron chi connectivity index (χ3n) is 4.02. The van der Waals surface area contributed by atoms with Crippen molar-refractivity contribution in [1.82, 2.24) is 4.90 Å². The van der Waals surface area contributed by atoms with Crippen LogP contribution in [0.1, 0.15) is 22.9 Å². The number of hydrogen-bond acceptors (Lipinski definition) is 4. The Labute approximate surface area is 162 Å². The van der Waals surface area contributed by atoms with Crippen LogP contribution in [0, 0.1) is 11.3 Å². The van der Waals surface area contributed by atoms with Crippen LogP contribution in [0.4, 0.5) is 15.5 Å². The molecule has 0 spiro atoms. The van der Waals surface area contributed by atoms with Gasteiger partial charge in [-0.25, -0.2) is 4.79 Å². The Bertz CT molecular complexity index is 798. The van der Waals surface area contributed by atoms with Crippen molar-refractivity contribution >= 4 is 52.1 Å². The highest BCUT2D eigenvalue weighted by Crippen LogP contribution is 2.36. The lowest BCUT2D eigenvalue weighted by Crippen LogP contribution is -2.29. The third kappa shape index (κ3) is 4.44. The van der Waals surface area contributed by atoms with E-state index in [1.807, 2.05) is 0 Å². The molecule has 1 aliphatic heterocycles. The first-order valence-electron chi connectivity index (χ1n) is 7.71. The molecule has 0 aliphatic carbocycles. The minimum Gasteiger partial charge on any atom is -0.308 e. The lowest BCUT2D eigenvalue weighted by atomic mass is 10.0. The van der Waals surface area contributed by atoms with Gasteiger partial charge in [0, 0.05) is 28.7 Å². The summed E-state index contributed by atoms with van der Waals surface area (Å²) in [6, 6.07) is 8.76. The molecule has 0 fully saturated rings. The number of carbonyl (C=O) groups excluding carboxylic acids is 1. The molecule has 1 aromatic heterocycles. The Balaban J connectivity index is 0.00000225. The molecular formula is C17H18Cl2N4OS. The van der Waals surface area contributed by atoms with Crippen LogP contribution in [0.15, 0.2) is 24.3 Å². The van der Waals surface area contributed by atoms with E-state index < -0.39 is 0 Å². The number of nitriles is 1. The van der Waals surface area contributed by atoms with E-state index in [2.05, 4.69) is 28.5 Å². The second kappa shape index (κ2) is 8.54. The number of carbonyl (C=O) groups is 1. The maximum absolute atomic E-state index is 12.2. The minimum atomic E-state index is -0.361. The smallest absolute Gasteiger partial charge is 0.308 e. The van der Waals surface area contributed by atoms with Gasteiger partial charge in [-0.15, -0.1) is 23.7 Å². The number of benzene rings is 1. The van der Waals surface area contributed by atoms with Crippen LogP contribution in [0.5, 0.6) is 0 Å². The summed E-state index contributed by atoms with van der Waals surface area (Å²) in [6.07, 6.45) is 0.850. The lowest BCUT2D eigenvalue weighted by Gasteiger charge is -2.24. The first-order valence-corrected chi connectivity index (χ1v) is 8.90. The lowest BCUT2D eigenvalue weighted by molar-refractivity contribution is 0.262. The Morgan fingerprint density at radius 2 is 2.08 bits per heavy atom. The minimum absolute atomic E-state index is 0. The van der Waals surface area contributed by atoms with Gasteiger partial charge in [-0.2, -0.15) is 5.26 Å². The van der Waals surface area contributed by atoms with Crippen LogP contribution in [0.25, 0.3) is 0 Å². The molecule has 2 aromatic rings. The van der Waals surface area contributed by atoms with Gasteiger partial charge in [-0.1, -0.05) is 18.5 Å². The van der Waals surface area contributed by atoms with E-state index in [0.717, 1.165) is 31.6 Å². The molecule has 5 nitrogen and oxygen atoms in total. The fraction of sp³-hybridized carbons (Fsp3) is 0.294. The first-order chi connectivity index (χ1) is 11.6. The van der Waals surface area contributed by atoms with Crippen LogP contribution in [0.2, 0.25) is 5.02 Å². The van der Waals surface area contributed by atoms with E-state index >= 15 is 0 Å².